The number of allylic oxidation sites excluding steroid dienone is 5. The van der Waals surface area contributed by atoms with Gasteiger partial charge in [-0.2, -0.15) is 5.10 Å². The minimum atomic E-state index is 0.873. The van der Waals surface area contributed by atoms with Crippen molar-refractivity contribution in [3.05, 3.63) is 133 Å². The van der Waals surface area contributed by atoms with Crippen LogP contribution in [0.15, 0.2) is 122 Å². The Balaban J connectivity index is 1.35. The van der Waals surface area contributed by atoms with Crippen LogP contribution in [0.25, 0.3) is 49.9 Å². The molecule has 39 heavy (non-hydrogen) atoms. The molecule has 0 atom stereocenters. The fourth-order valence-electron chi connectivity index (χ4n) is 5.02. The number of nitrogens with one attached hydrogen (secondary N) is 2. The number of aromatic amines is 2. The lowest BCUT2D eigenvalue weighted by Crippen LogP contribution is -1.91. The van der Waals surface area contributed by atoms with Crippen molar-refractivity contribution in [1.29, 1.82) is 0 Å². The maximum atomic E-state index is 4.75. The van der Waals surface area contributed by atoms with Gasteiger partial charge in [0.2, 0.25) is 0 Å². The molecule has 0 bridgehead atoms. The number of hydrogen-bond acceptors (Lipinski definition) is 3. The molecule has 6 rings (SSSR count). The summed E-state index contributed by atoms with van der Waals surface area (Å²) in [6, 6.07) is 25.2. The van der Waals surface area contributed by atoms with Crippen LogP contribution in [0, 0.1) is 0 Å². The predicted molar refractivity (Wildman–Crippen MR) is 161 cm³/mol. The number of benzene rings is 2. The van der Waals surface area contributed by atoms with Crippen molar-refractivity contribution in [3.63, 3.8) is 0 Å². The van der Waals surface area contributed by atoms with E-state index in [1.165, 1.54) is 11.1 Å². The maximum absolute atomic E-state index is 4.75. The van der Waals surface area contributed by atoms with Crippen molar-refractivity contribution >= 4 is 27.4 Å². The molecular formula is C34H29N5. The summed E-state index contributed by atoms with van der Waals surface area (Å²) in [5, 5.41) is 10.0. The molecule has 0 saturated heterocycles. The van der Waals surface area contributed by atoms with Crippen molar-refractivity contribution in [3.8, 4) is 22.5 Å². The Morgan fingerprint density at radius 3 is 2.56 bits per heavy atom. The number of nitrogens with zero attached hydrogens (tertiary/aromatic N) is 3. The van der Waals surface area contributed by atoms with Gasteiger partial charge in [0.05, 0.1) is 23.1 Å². The summed E-state index contributed by atoms with van der Waals surface area (Å²) in [6.07, 6.45) is 13.6. The normalized spacial score (nSPS) is 12.3. The first-order valence-electron chi connectivity index (χ1n) is 13.1. The first-order valence-corrected chi connectivity index (χ1v) is 13.1. The summed E-state index contributed by atoms with van der Waals surface area (Å²) < 4.78 is 0. The van der Waals surface area contributed by atoms with Gasteiger partial charge in [0.1, 0.15) is 5.69 Å². The first-order chi connectivity index (χ1) is 19.2. The summed E-state index contributed by atoms with van der Waals surface area (Å²) in [4.78, 5) is 12.5. The van der Waals surface area contributed by atoms with E-state index >= 15 is 0 Å². The number of fused-ring (bicyclic) bond motifs is 2. The van der Waals surface area contributed by atoms with Gasteiger partial charge < -0.3 is 4.98 Å². The van der Waals surface area contributed by atoms with Gasteiger partial charge in [-0.1, -0.05) is 61.2 Å². The molecule has 2 N–H and O–H groups in total. The molecule has 5 nitrogen and oxygen atoms in total. The maximum Gasteiger partial charge on any atom is 0.116 e. The van der Waals surface area contributed by atoms with E-state index in [0.717, 1.165) is 68.4 Å². The zero-order valence-corrected chi connectivity index (χ0v) is 21.9. The molecule has 0 fully saturated rings. The van der Waals surface area contributed by atoms with E-state index in [2.05, 4.69) is 93.5 Å². The smallest absolute Gasteiger partial charge is 0.116 e. The van der Waals surface area contributed by atoms with Crippen LogP contribution in [-0.4, -0.2) is 25.1 Å². The summed E-state index contributed by atoms with van der Waals surface area (Å²) in [5.74, 6) is 0. The molecule has 5 heteroatoms. The van der Waals surface area contributed by atoms with Crippen LogP contribution in [0.1, 0.15) is 24.6 Å². The van der Waals surface area contributed by atoms with Crippen LogP contribution in [0.2, 0.25) is 0 Å². The van der Waals surface area contributed by atoms with Gasteiger partial charge in [0.15, 0.2) is 0 Å². The van der Waals surface area contributed by atoms with Crippen LogP contribution in [0.4, 0.5) is 0 Å². The fraction of sp³-hybridized carbons (Fsp3) is 0.0882. The highest BCUT2D eigenvalue weighted by atomic mass is 15.1. The van der Waals surface area contributed by atoms with Gasteiger partial charge in [0.25, 0.3) is 0 Å². The van der Waals surface area contributed by atoms with Crippen molar-refractivity contribution in [2.75, 3.05) is 0 Å². The number of aryl methyl sites for hydroxylation is 1. The van der Waals surface area contributed by atoms with E-state index < -0.39 is 0 Å². The summed E-state index contributed by atoms with van der Waals surface area (Å²) in [5.41, 5.74) is 10.6. The summed E-state index contributed by atoms with van der Waals surface area (Å²) >= 11 is 0. The highest BCUT2D eigenvalue weighted by Gasteiger charge is 2.15. The molecule has 2 aromatic carbocycles. The number of H-pyrrole nitrogens is 2. The monoisotopic (exact) mass is 507 g/mol. The molecule has 4 heterocycles. The quantitative estimate of drug-likeness (QED) is 0.204. The zero-order chi connectivity index (χ0) is 26.6. The van der Waals surface area contributed by atoms with E-state index in [-0.39, 0.29) is 0 Å². The molecular weight excluding hydrogens is 478 g/mol. The molecule has 0 amide bonds. The van der Waals surface area contributed by atoms with E-state index in [1.807, 2.05) is 49.8 Å². The Labute approximate surface area is 227 Å². The Bertz CT molecular complexity index is 1820. The second kappa shape index (κ2) is 10.8. The summed E-state index contributed by atoms with van der Waals surface area (Å²) in [7, 11) is 0. The average Bonchev–Trinajstić information content (AvgIpc) is 3.62. The Morgan fingerprint density at radius 2 is 1.77 bits per heavy atom. The van der Waals surface area contributed by atoms with Crippen molar-refractivity contribution in [2.45, 2.75) is 19.8 Å². The molecule has 0 saturated carbocycles. The van der Waals surface area contributed by atoms with E-state index in [0.29, 0.717) is 0 Å². The highest BCUT2D eigenvalue weighted by Crippen LogP contribution is 2.34. The van der Waals surface area contributed by atoms with E-state index in [9.17, 15) is 0 Å². The minimum absolute atomic E-state index is 0.873. The van der Waals surface area contributed by atoms with Crippen molar-refractivity contribution < 1.29 is 0 Å². The first kappa shape index (κ1) is 24.3. The molecule has 0 spiro atoms. The second-order valence-electron chi connectivity index (χ2n) is 9.53. The van der Waals surface area contributed by atoms with Gasteiger partial charge in [-0.25, -0.2) is 0 Å². The van der Waals surface area contributed by atoms with Gasteiger partial charge in [-0.05, 0) is 84.0 Å². The predicted octanol–water partition coefficient (Wildman–Crippen LogP) is 8.32. The van der Waals surface area contributed by atoms with Gasteiger partial charge in [0, 0.05) is 28.7 Å². The fourth-order valence-corrected chi connectivity index (χ4v) is 5.02. The highest BCUT2D eigenvalue weighted by molar-refractivity contribution is 6.01. The van der Waals surface area contributed by atoms with Crippen molar-refractivity contribution in [1.82, 2.24) is 25.1 Å². The third kappa shape index (κ3) is 4.94. The van der Waals surface area contributed by atoms with E-state index in [4.69, 9.17) is 4.98 Å². The third-order valence-corrected chi connectivity index (χ3v) is 7.11. The Hall–Kier alpha value is -5.03. The minimum Gasteiger partial charge on any atom is -0.353 e. The molecule has 0 aliphatic heterocycles. The number of aromatic nitrogens is 5. The second-order valence-corrected chi connectivity index (χ2v) is 9.53. The lowest BCUT2D eigenvalue weighted by molar-refractivity contribution is 0.966. The van der Waals surface area contributed by atoms with Crippen LogP contribution < -0.4 is 0 Å². The molecule has 0 aliphatic carbocycles. The third-order valence-electron chi connectivity index (χ3n) is 7.11. The van der Waals surface area contributed by atoms with Crippen LogP contribution in [-0.2, 0) is 6.42 Å². The lowest BCUT2D eigenvalue weighted by atomic mass is 10.0. The molecule has 4 aromatic heterocycles. The Kier molecular flexibility index (Phi) is 6.71. The molecule has 0 aliphatic rings. The molecule has 0 radical (unpaired) electrons. The largest absolute Gasteiger partial charge is 0.353 e. The van der Waals surface area contributed by atoms with E-state index in [1.54, 1.807) is 0 Å². The van der Waals surface area contributed by atoms with Crippen LogP contribution in [0.3, 0.4) is 0 Å². The number of rotatable bonds is 8. The van der Waals surface area contributed by atoms with Gasteiger partial charge >= 0.3 is 0 Å². The van der Waals surface area contributed by atoms with Crippen LogP contribution >= 0.6 is 0 Å². The lowest BCUT2D eigenvalue weighted by Gasteiger charge is -2.07. The Morgan fingerprint density at radius 1 is 0.923 bits per heavy atom. The standard InChI is InChI=1S/C34H29N5/c1-3-23(13-14-24-9-6-5-7-10-24)19-25(4-2)31-21-29-33(22-36-31)38-39-34(29)32-20-28-27(11-8-12-30(28)37-32)26-15-17-35-18-16-26/h3-12,15-22,37H,1,13-14H2,2H3,(H,38,39)/b23-19+,25-4+. The summed E-state index contributed by atoms with van der Waals surface area (Å²) in [6.45, 7) is 6.11. The van der Waals surface area contributed by atoms with Gasteiger partial charge in [-0.15, -0.1) is 0 Å². The van der Waals surface area contributed by atoms with Gasteiger partial charge in [-0.3, -0.25) is 15.1 Å². The van der Waals surface area contributed by atoms with Crippen molar-refractivity contribution in [2.24, 2.45) is 0 Å². The zero-order valence-electron chi connectivity index (χ0n) is 21.9. The molecule has 6 aromatic rings. The average molecular weight is 508 g/mol. The molecule has 0 unspecified atom stereocenters. The topological polar surface area (TPSA) is 70.2 Å². The number of hydrogen-bond donors (Lipinski definition) is 2. The molecule has 190 valence electrons. The SMILES string of the molecule is C=C/C(=C\C(=C/C)c1cc2c(-c3cc4c(-c5ccncc5)cccc4[nH]3)n[nH]c2cn1)CCc1ccccc1. The number of pyridine rings is 2. The van der Waals surface area contributed by atoms with Crippen LogP contribution in [0.5, 0.6) is 0 Å².